The normalized spacial score (nSPS) is 13.3. The number of nitrogens with zero attached hydrogens (tertiary/aromatic N) is 4. The van der Waals surface area contributed by atoms with Crippen molar-refractivity contribution in [2.75, 3.05) is 10.2 Å². The lowest BCUT2D eigenvalue weighted by molar-refractivity contribution is -0.384. The number of rotatable bonds is 4. The fourth-order valence-corrected chi connectivity index (χ4v) is 3.31. The molecular weight excluding hydrogens is 457 g/mol. The van der Waals surface area contributed by atoms with Crippen LogP contribution in [0.25, 0.3) is 0 Å². The quantitative estimate of drug-likeness (QED) is 0.349. The van der Waals surface area contributed by atoms with Crippen molar-refractivity contribution >= 4 is 45.5 Å². The number of anilines is 2. The van der Waals surface area contributed by atoms with E-state index >= 15 is 0 Å². The first-order valence-electron chi connectivity index (χ1n) is 8.13. The Morgan fingerprint density at radius 1 is 0.926 bits per heavy atom. The van der Waals surface area contributed by atoms with Gasteiger partial charge in [-0.05, 0) is 59.0 Å². The van der Waals surface area contributed by atoms with Crippen molar-refractivity contribution in [1.29, 1.82) is 0 Å². The number of amidine groups is 1. The van der Waals surface area contributed by atoms with Crippen LogP contribution >= 0.6 is 22.6 Å². The largest absolute Gasteiger partial charge is 0.269 e. The molecule has 7 nitrogen and oxygen atoms in total. The van der Waals surface area contributed by atoms with Gasteiger partial charge in [0, 0.05) is 21.3 Å². The molecule has 0 atom stereocenters. The molecule has 134 valence electrons. The number of hydrazone groups is 1. The van der Waals surface area contributed by atoms with Crippen LogP contribution in [0.3, 0.4) is 0 Å². The molecule has 0 bridgehead atoms. The Morgan fingerprint density at radius 3 is 2.26 bits per heavy atom. The second-order valence-corrected chi connectivity index (χ2v) is 6.91. The molecule has 0 aliphatic carbocycles. The standard InChI is InChI=1S/C19H14IN5O2/c20-17-8-4-5-9-18(17)24-22-19(14-10-12-16(13-11-14)25(26)27)21-23(24)15-6-2-1-3-7-15/h1-13H,(H,21,22). The zero-order valence-corrected chi connectivity index (χ0v) is 16.1. The molecule has 1 N–H and O–H groups in total. The summed E-state index contributed by atoms with van der Waals surface area (Å²) in [5, 5.41) is 19.2. The predicted molar refractivity (Wildman–Crippen MR) is 113 cm³/mol. The molecular formula is C19H14IN5O2. The van der Waals surface area contributed by atoms with E-state index in [1.54, 1.807) is 17.3 Å². The van der Waals surface area contributed by atoms with E-state index in [-0.39, 0.29) is 5.69 Å². The lowest BCUT2D eigenvalue weighted by Gasteiger charge is -2.28. The van der Waals surface area contributed by atoms with E-state index in [4.69, 9.17) is 5.10 Å². The second-order valence-electron chi connectivity index (χ2n) is 5.75. The molecule has 0 fully saturated rings. The van der Waals surface area contributed by atoms with Crippen LogP contribution in [0, 0.1) is 13.7 Å². The molecule has 1 aliphatic rings. The van der Waals surface area contributed by atoms with E-state index in [1.807, 2.05) is 59.7 Å². The van der Waals surface area contributed by atoms with Crippen LogP contribution in [-0.2, 0) is 0 Å². The molecule has 0 spiro atoms. The van der Waals surface area contributed by atoms with Crippen LogP contribution in [0.15, 0.2) is 84.0 Å². The van der Waals surface area contributed by atoms with Crippen LogP contribution in [0.4, 0.5) is 17.1 Å². The Kier molecular flexibility index (Phi) is 4.63. The third-order valence-electron chi connectivity index (χ3n) is 4.02. The van der Waals surface area contributed by atoms with Gasteiger partial charge in [0.2, 0.25) is 0 Å². The number of nitro groups is 1. The van der Waals surface area contributed by atoms with Crippen LogP contribution in [0.5, 0.6) is 0 Å². The first-order valence-corrected chi connectivity index (χ1v) is 9.21. The monoisotopic (exact) mass is 471 g/mol. The highest BCUT2D eigenvalue weighted by atomic mass is 127. The van der Waals surface area contributed by atoms with Crippen molar-refractivity contribution in [3.05, 3.63) is 98.1 Å². The summed E-state index contributed by atoms with van der Waals surface area (Å²) in [5.41, 5.74) is 5.94. The molecule has 0 aromatic heterocycles. The highest BCUT2D eigenvalue weighted by Gasteiger charge is 2.27. The summed E-state index contributed by atoms with van der Waals surface area (Å²) in [6.07, 6.45) is 0. The molecule has 0 radical (unpaired) electrons. The van der Waals surface area contributed by atoms with Gasteiger partial charge < -0.3 is 0 Å². The number of hydrogen-bond donors (Lipinski definition) is 1. The van der Waals surface area contributed by atoms with Crippen molar-refractivity contribution < 1.29 is 4.92 Å². The minimum atomic E-state index is -0.414. The Labute approximate surface area is 169 Å². The van der Waals surface area contributed by atoms with Gasteiger partial charge in [-0.3, -0.25) is 15.5 Å². The maximum atomic E-state index is 10.9. The van der Waals surface area contributed by atoms with Crippen LogP contribution in [0.2, 0.25) is 0 Å². The Morgan fingerprint density at radius 2 is 1.59 bits per heavy atom. The Balaban J connectivity index is 1.74. The van der Waals surface area contributed by atoms with Crippen molar-refractivity contribution in [2.24, 2.45) is 5.10 Å². The van der Waals surface area contributed by atoms with Crippen LogP contribution in [0.1, 0.15) is 5.56 Å². The van der Waals surface area contributed by atoms with Gasteiger partial charge in [-0.1, -0.05) is 30.3 Å². The zero-order chi connectivity index (χ0) is 18.8. The summed E-state index contributed by atoms with van der Waals surface area (Å²) >= 11 is 2.28. The summed E-state index contributed by atoms with van der Waals surface area (Å²) in [7, 11) is 0. The number of nitrogens with one attached hydrogen (secondary N) is 1. The number of para-hydroxylation sites is 2. The molecule has 0 unspecified atom stereocenters. The molecule has 1 aliphatic heterocycles. The number of benzene rings is 3. The van der Waals surface area contributed by atoms with E-state index in [2.05, 4.69) is 28.0 Å². The molecule has 4 rings (SSSR count). The first-order chi connectivity index (χ1) is 13.1. The van der Waals surface area contributed by atoms with Gasteiger partial charge in [0.25, 0.3) is 5.69 Å². The summed E-state index contributed by atoms with van der Waals surface area (Å²) in [6, 6.07) is 24.1. The molecule has 8 heteroatoms. The van der Waals surface area contributed by atoms with Crippen molar-refractivity contribution in [3.8, 4) is 0 Å². The van der Waals surface area contributed by atoms with E-state index in [0.29, 0.717) is 5.84 Å². The fraction of sp³-hybridized carbons (Fsp3) is 0. The molecule has 27 heavy (non-hydrogen) atoms. The minimum Gasteiger partial charge on any atom is -0.259 e. The van der Waals surface area contributed by atoms with Crippen molar-refractivity contribution in [2.45, 2.75) is 0 Å². The summed E-state index contributed by atoms with van der Waals surface area (Å²) < 4.78 is 1.06. The second kappa shape index (κ2) is 7.23. The number of halogens is 1. The van der Waals surface area contributed by atoms with Gasteiger partial charge in [-0.2, -0.15) is 10.2 Å². The number of nitro benzene ring substituents is 1. The molecule has 1 heterocycles. The summed E-state index contributed by atoms with van der Waals surface area (Å²) in [4.78, 5) is 10.5. The first kappa shape index (κ1) is 17.3. The molecule has 0 saturated carbocycles. The molecule has 0 amide bonds. The Bertz CT molecular complexity index is 1010. The van der Waals surface area contributed by atoms with E-state index in [9.17, 15) is 10.1 Å². The number of hydrazine groups is 2. The third-order valence-corrected chi connectivity index (χ3v) is 4.93. The van der Waals surface area contributed by atoms with Crippen LogP contribution < -0.4 is 15.7 Å². The number of non-ortho nitro benzene ring substituents is 1. The van der Waals surface area contributed by atoms with Crippen LogP contribution in [-0.4, -0.2) is 10.8 Å². The highest BCUT2D eigenvalue weighted by Crippen LogP contribution is 2.29. The summed E-state index contributed by atoms with van der Waals surface area (Å²) in [5.74, 6) is 0.605. The third kappa shape index (κ3) is 3.43. The van der Waals surface area contributed by atoms with Gasteiger partial charge >= 0.3 is 0 Å². The van der Waals surface area contributed by atoms with E-state index in [0.717, 1.165) is 20.5 Å². The van der Waals surface area contributed by atoms with Crippen molar-refractivity contribution in [1.82, 2.24) is 5.43 Å². The number of hydrogen-bond acceptors (Lipinski definition) is 6. The molecule has 3 aromatic rings. The fourth-order valence-electron chi connectivity index (χ4n) is 2.69. The van der Waals surface area contributed by atoms with Gasteiger partial charge in [-0.15, -0.1) is 5.10 Å². The zero-order valence-electron chi connectivity index (χ0n) is 14.0. The average Bonchev–Trinajstić information content (AvgIpc) is 3.14. The SMILES string of the molecule is O=[N+]([O-])c1ccc(C2=NN(c3ccccc3)N(c3ccccc3I)N2)cc1. The molecule has 0 saturated heterocycles. The topological polar surface area (TPSA) is 74.0 Å². The highest BCUT2D eigenvalue weighted by molar-refractivity contribution is 14.1. The van der Waals surface area contributed by atoms with E-state index < -0.39 is 4.92 Å². The van der Waals surface area contributed by atoms with E-state index in [1.165, 1.54) is 12.1 Å². The maximum Gasteiger partial charge on any atom is 0.269 e. The molecule has 3 aromatic carbocycles. The van der Waals surface area contributed by atoms with Gasteiger partial charge in [-0.25, -0.2) is 0 Å². The average molecular weight is 471 g/mol. The maximum absolute atomic E-state index is 10.9. The smallest absolute Gasteiger partial charge is 0.259 e. The van der Waals surface area contributed by atoms with Gasteiger partial charge in [0.1, 0.15) is 0 Å². The minimum absolute atomic E-state index is 0.0479. The lowest BCUT2D eigenvalue weighted by Crippen LogP contribution is -2.45. The van der Waals surface area contributed by atoms with Gasteiger partial charge in [0.15, 0.2) is 5.84 Å². The lowest BCUT2D eigenvalue weighted by atomic mass is 10.2. The van der Waals surface area contributed by atoms with Gasteiger partial charge in [0.05, 0.1) is 16.3 Å². The Hall–Kier alpha value is -3.14. The predicted octanol–water partition coefficient (Wildman–Crippen LogP) is 4.31. The van der Waals surface area contributed by atoms with Crippen molar-refractivity contribution in [3.63, 3.8) is 0 Å². The summed E-state index contributed by atoms with van der Waals surface area (Å²) in [6.45, 7) is 0.